The Balaban J connectivity index is 2.81. The van der Waals surface area contributed by atoms with Crippen LogP contribution in [0.4, 0.5) is 5.82 Å². The van der Waals surface area contributed by atoms with Crippen LogP contribution in [0.25, 0.3) is 0 Å². The predicted molar refractivity (Wildman–Crippen MR) is 52.8 cm³/mol. The molecule has 9 heteroatoms. The van der Waals surface area contributed by atoms with E-state index in [1.165, 1.54) is 0 Å². The first-order valence-corrected chi connectivity index (χ1v) is 4.58. The number of aromatic amines is 1. The van der Waals surface area contributed by atoms with E-state index in [1.807, 2.05) is 0 Å². The molecule has 17 heavy (non-hydrogen) atoms. The monoisotopic (exact) mass is 245 g/mol. The number of hydrogen-bond acceptors (Lipinski definition) is 7. The van der Waals surface area contributed by atoms with E-state index in [0.717, 1.165) is 13.4 Å². The van der Waals surface area contributed by atoms with E-state index in [9.17, 15) is 25.1 Å². The number of ether oxygens (including phenoxy) is 1. The van der Waals surface area contributed by atoms with Crippen molar-refractivity contribution in [1.82, 2.24) is 9.97 Å². The predicted octanol–water partition coefficient (Wildman–Crippen LogP) is -0.725. The average Bonchev–Trinajstić information content (AvgIpc) is 2.76. The largest absolute Gasteiger partial charge is 0.469 e. The van der Waals surface area contributed by atoms with Gasteiger partial charge in [-0.15, -0.1) is 0 Å². The fraction of sp³-hybridized carbons (Fsp3) is 0.500. The Bertz CT molecular complexity index is 417. The maximum atomic E-state index is 10.9. The van der Waals surface area contributed by atoms with Crippen LogP contribution in [0, 0.1) is 10.1 Å². The molecule has 0 amide bonds. The van der Waals surface area contributed by atoms with E-state index in [-0.39, 0.29) is 5.69 Å². The first-order valence-electron chi connectivity index (χ1n) is 4.58. The van der Waals surface area contributed by atoms with Crippen molar-refractivity contribution in [2.24, 2.45) is 0 Å². The molecule has 94 valence electrons. The first kappa shape index (κ1) is 13.1. The second-order valence-corrected chi connectivity index (χ2v) is 3.19. The number of nitrogens with one attached hydrogen (secondary N) is 1. The summed E-state index contributed by atoms with van der Waals surface area (Å²) in [7, 11) is 1.12. The maximum Gasteiger partial charge on any atom is 0.346 e. The van der Waals surface area contributed by atoms with E-state index in [2.05, 4.69) is 14.7 Å². The summed E-state index contributed by atoms with van der Waals surface area (Å²) in [5.74, 6) is -1.27. The molecule has 0 saturated heterocycles. The summed E-state index contributed by atoms with van der Waals surface area (Å²) in [6.07, 6.45) is -2.63. The maximum absolute atomic E-state index is 10.9. The third-order valence-corrected chi connectivity index (χ3v) is 2.08. The normalized spacial score (nSPS) is 14.1. The van der Waals surface area contributed by atoms with Crippen LogP contribution in [0.5, 0.6) is 0 Å². The van der Waals surface area contributed by atoms with Crippen molar-refractivity contribution in [3.05, 3.63) is 22.1 Å². The van der Waals surface area contributed by atoms with Crippen molar-refractivity contribution in [1.29, 1.82) is 0 Å². The number of carbonyl (C=O) groups excluding carboxylic acids is 1. The lowest BCUT2D eigenvalue weighted by atomic mass is 10.1. The average molecular weight is 245 g/mol. The van der Waals surface area contributed by atoms with Gasteiger partial charge in [0.05, 0.1) is 19.6 Å². The third-order valence-electron chi connectivity index (χ3n) is 2.08. The van der Waals surface area contributed by atoms with Crippen molar-refractivity contribution in [3.63, 3.8) is 0 Å². The Kier molecular flexibility index (Phi) is 4.12. The number of carbonyl (C=O) groups is 1. The molecule has 2 unspecified atom stereocenters. The highest BCUT2D eigenvalue weighted by molar-refractivity contribution is 5.69. The van der Waals surface area contributed by atoms with Crippen molar-refractivity contribution < 1.29 is 24.7 Å². The Hall–Kier alpha value is -2.00. The summed E-state index contributed by atoms with van der Waals surface area (Å²) in [6, 6.07) is 0. The summed E-state index contributed by atoms with van der Waals surface area (Å²) >= 11 is 0. The Morgan fingerprint density at radius 2 is 2.35 bits per heavy atom. The minimum absolute atomic E-state index is 0.327. The summed E-state index contributed by atoms with van der Waals surface area (Å²) < 4.78 is 4.29. The van der Waals surface area contributed by atoms with Gasteiger partial charge in [-0.2, -0.15) is 0 Å². The number of imidazole rings is 1. The summed E-state index contributed by atoms with van der Waals surface area (Å²) in [4.78, 5) is 26.4. The van der Waals surface area contributed by atoms with Gasteiger partial charge in [-0.25, -0.2) is 9.97 Å². The molecule has 9 nitrogen and oxygen atoms in total. The molecule has 0 aliphatic heterocycles. The lowest BCUT2D eigenvalue weighted by Gasteiger charge is -2.14. The second-order valence-electron chi connectivity index (χ2n) is 3.19. The molecule has 1 aromatic heterocycles. The summed E-state index contributed by atoms with van der Waals surface area (Å²) in [5, 5.41) is 29.6. The van der Waals surface area contributed by atoms with Gasteiger partial charge < -0.3 is 25.1 Å². The van der Waals surface area contributed by atoms with E-state index >= 15 is 0 Å². The molecule has 0 fully saturated rings. The zero-order chi connectivity index (χ0) is 13.0. The molecule has 0 aromatic carbocycles. The molecule has 1 rings (SSSR count). The highest BCUT2D eigenvalue weighted by atomic mass is 16.6. The molecule has 1 heterocycles. The van der Waals surface area contributed by atoms with Crippen molar-refractivity contribution in [3.8, 4) is 0 Å². The third kappa shape index (κ3) is 2.98. The van der Waals surface area contributed by atoms with E-state index in [0.29, 0.717) is 0 Å². The fourth-order valence-corrected chi connectivity index (χ4v) is 1.21. The molecule has 2 atom stereocenters. The molecule has 0 saturated carbocycles. The van der Waals surface area contributed by atoms with E-state index in [4.69, 9.17) is 0 Å². The Labute approximate surface area is 95.2 Å². The van der Waals surface area contributed by atoms with Crippen molar-refractivity contribution in [2.45, 2.75) is 18.6 Å². The molecule has 0 aliphatic rings. The minimum atomic E-state index is -1.64. The molecular formula is C8H11N3O6. The molecule has 0 bridgehead atoms. The van der Waals surface area contributed by atoms with Gasteiger partial charge in [-0.3, -0.25) is 4.79 Å². The molecule has 0 radical (unpaired) electrons. The van der Waals surface area contributed by atoms with Crippen molar-refractivity contribution >= 4 is 11.8 Å². The highest BCUT2D eigenvalue weighted by Gasteiger charge is 2.30. The van der Waals surface area contributed by atoms with Crippen LogP contribution in [-0.4, -0.2) is 44.3 Å². The topological polar surface area (TPSA) is 139 Å². The summed E-state index contributed by atoms with van der Waals surface area (Å²) in [6.45, 7) is 0. The number of aromatic nitrogens is 2. The van der Waals surface area contributed by atoms with Crippen molar-refractivity contribution in [2.75, 3.05) is 7.11 Å². The lowest BCUT2D eigenvalue weighted by molar-refractivity contribution is -0.390. The number of rotatable bonds is 5. The zero-order valence-corrected chi connectivity index (χ0v) is 8.86. The van der Waals surface area contributed by atoms with Crippen LogP contribution in [-0.2, 0) is 9.53 Å². The Morgan fingerprint density at radius 1 is 1.71 bits per heavy atom. The van der Waals surface area contributed by atoms with Gasteiger partial charge in [0.1, 0.15) is 6.10 Å². The van der Waals surface area contributed by atoms with Crippen LogP contribution < -0.4 is 0 Å². The molecule has 0 aliphatic carbocycles. The number of aliphatic hydroxyl groups excluding tert-OH is 2. The number of esters is 1. The molecule has 3 N–H and O–H groups in total. The fourth-order valence-electron chi connectivity index (χ4n) is 1.21. The number of hydrogen-bond donors (Lipinski definition) is 3. The van der Waals surface area contributed by atoms with Crippen LogP contribution in [0.3, 0.4) is 0 Å². The summed E-state index contributed by atoms with van der Waals surface area (Å²) in [5.41, 5.74) is -0.327. The van der Waals surface area contributed by atoms with E-state index < -0.39 is 35.3 Å². The van der Waals surface area contributed by atoms with Crippen LogP contribution in [0.2, 0.25) is 0 Å². The number of nitro groups is 1. The van der Waals surface area contributed by atoms with Gasteiger partial charge in [0, 0.05) is 0 Å². The molecule has 1 aromatic rings. The first-order chi connectivity index (χ1) is 7.97. The number of aliphatic hydroxyl groups is 2. The lowest BCUT2D eigenvalue weighted by Crippen LogP contribution is -2.23. The van der Waals surface area contributed by atoms with Gasteiger partial charge in [0.15, 0.2) is 12.0 Å². The van der Waals surface area contributed by atoms with Crippen LogP contribution in [0.15, 0.2) is 6.33 Å². The van der Waals surface area contributed by atoms with Gasteiger partial charge >= 0.3 is 11.8 Å². The number of methoxy groups -OCH3 is 1. The highest BCUT2D eigenvalue weighted by Crippen LogP contribution is 2.24. The van der Waals surface area contributed by atoms with Gasteiger partial charge in [0.2, 0.25) is 0 Å². The van der Waals surface area contributed by atoms with E-state index in [1.54, 1.807) is 0 Å². The second kappa shape index (κ2) is 5.37. The minimum Gasteiger partial charge on any atom is -0.469 e. The standard InChI is InChI=1S/C8H11N3O6/c1-17-5(13)2-4(12)7(14)6-8(11(15)16)10-3-9-6/h3-4,7,12,14H,2H2,1H3,(H,9,10). The zero-order valence-electron chi connectivity index (χ0n) is 8.86. The molecular weight excluding hydrogens is 234 g/mol. The van der Waals surface area contributed by atoms with Gasteiger partial charge in [-0.05, 0) is 4.92 Å². The number of H-pyrrole nitrogens is 1. The van der Waals surface area contributed by atoms with Crippen LogP contribution in [0.1, 0.15) is 18.2 Å². The Morgan fingerprint density at radius 3 is 2.88 bits per heavy atom. The SMILES string of the molecule is COC(=O)CC(O)C(O)c1nc[nH]c1[N+](=O)[O-]. The smallest absolute Gasteiger partial charge is 0.346 e. The van der Waals surface area contributed by atoms with Crippen LogP contribution >= 0.6 is 0 Å². The van der Waals surface area contributed by atoms with Gasteiger partial charge in [0.25, 0.3) is 0 Å². The molecule has 0 spiro atoms. The number of nitrogens with zero attached hydrogens (tertiary/aromatic N) is 2. The quantitative estimate of drug-likeness (QED) is 0.353. The van der Waals surface area contributed by atoms with Gasteiger partial charge in [-0.1, -0.05) is 0 Å².